The van der Waals surface area contributed by atoms with Gasteiger partial charge in [0.05, 0.1) is 11.7 Å². The van der Waals surface area contributed by atoms with Crippen LogP contribution in [0.4, 0.5) is 0 Å². The summed E-state index contributed by atoms with van der Waals surface area (Å²) in [6.07, 6.45) is 2.99. The molecule has 0 aromatic rings. The molecule has 1 atom stereocenters. The number of hydrogen-bond donors (Lipinski definition) is 0. The Morgan fingerprint density at radius 2 is 2.54 bits per heavy atom. The van der Waals surface area contributed by atoms with E-state index in [9.17, 15) is 4.79 Å². The average Bonchev–Trinajstić information content (AvgIpc) is 2.19. The smallest absolute Gasteiger partial charge is 0.319 e. The van der Waals surface area contributed by atoms with Gasteiger partial charge in [-0.2, -0.15) is 0 Å². The van der Waals surface area contributed by atoms with E-state index in [4.69, 9.17) is 4.74 Å². The van der Waals surface area contributed by atoms with Gasteiger partial charge in [0.1, 0.15) is 5.25 Å². The van der Waals surface area contributed by atoms with Gasteiger partial charge in [0.2, 0.25) is 0 Å². The number of ether oxygens (including phenoxy) is 1. The van der Waals surface area contributed by atoms with Crippen LogP contribution in [0.5, 0.6) is 0 Å². The fraction of sp³-hybridized carbons (Fsp3) is 0.778. The molecule has 0 bridgehead atoms. The second-order valence-corrected chi connectivity index (χ2v) is 5.25. The van der Waals surface area contributed by atoms with Gasteiger partial charge in [0.15, 0.2) is 0 Å². The van der Waals surface area contributed by atoms with Crippen LogP contribution in [-0.4, -0.2) is 23.6 Å². The molecule has 4 heteroatoms. The maximum atomic E-state index is 11.4. The minimum atomic E-state index is -0.0324. The summed E-state index contributed by atoms with van der Waals surface area (Å²) in [5, 5.41) is 2.09. The van der Waals surface area contributed by atoms with E-state index in [0.29, 0.717) is 6.61 Å². The molecule has 0 aromatic carbocycles. The Morgan fingerprint density at radius 1 is 1.69 bits per heavy atom. The molecule has 1 aliphatic rings. The van der Waals surface area contributed by atoms with Gasteiger partial charge in [-0.3, -0.25) is 4.79 Å². The second-order valence-electron chi connectivity index (χ2n) is 2.90. The van der Waals surface area contributed by atoms with Crippen molar-refractivity contribution in [3.05, 3.63) is 5.08 Å². The van der Waals surface area contributed by atoms with Crippen molar-refractivity contribution in [3.63, 3.8) is 0 Å². The third-order valence-corrected chi connectivity index (χ3v) is 4.01. The van der Waals surface area contributed by atoms with Crippen LogP contribution < -0.4 is 0 Å². The van der Waals surface area contributed by atoms with Gasteiger partial charge < -0.3 is 4.74 Å². The molecule has 0 N–H and O–H groups in total. The van der Waals surface area contributed by atoms with Crippen LogP contribution in [0.2, 0.25) is 0 Å². The van der Waals surface area contributed by atoms with Crippen molar-refractivity contribution >= 4 is 29.5 Å². The molecule has 1 unspecified atom stereocenters. The van der Waals surface area contributed by atoms with Crippen LogP contribution >= 0.6 is 23.5 Å². The highest BCUT2D eigenvalue weighted by atomic mass is 32.2. The highest BCUT2D eigenvalue weighted by molar-refractivity contribution is 8.20. The number of hydrogen-bond acceptors (Lipinski definition) is 4. The summed E-state index contributed by atoms with van der Waals surface area (Å²) in [6, 6.07) is 0. The van der Waals surface area contributed by atoms with Crippen LogP contribution in [0.1, 0.15) is 26.2 Å². The lowest BCUT2D eigenvalue weighted by Crippen LogP contribution is -2.23. The topological polar surface area (TPSA) is 26.3 Å². The average molecular weight is 219 g/mol. The molecular weight excluding hydrogens is 204 g/mol. The Labute approximate surface area is 88.2 Å². The first-order valence-corrected chi connectivity index (χ1v) is 6.59. The molecule has 1 radical (unpaired) electrons. The van der Waals surface area contributed by atoms with E-state index in [0.717, 1.165) is 25.0 Å². The van der Waals surface area contributed by atoms with Crippen molar-refractivity contribution in [3.8, 4) is 0 Å². The lowest BCUT2D eigenvalue weighted by Gasteiger charge is -2.18. The van der Waals surface area contributed by atoms with Crippen molar-refractivity contribution in [2.75, 3.05) is 12.4 Å². The van der Waals surface area contributed by atoms with Gasteiger partial charge in [-0.05, 0) is 18.6 Å². The van der Waals surface area contributed by atoms with Gasteiger partial charge >= 0.3 is 5.97 Å². The zero-order valence-corrected chi connectivity index (χ0v) is 9.46. The van der Waals surface area contributed by atoms with Crippen molar-refractivity contribution in [1.29, 1.82) is 0 Å². The highest BCUT2D eigenvalue weighted by Gasteiger charge is 2.23. The monoisotopic (exact) mass is 219 g/mol. The first-order chi connectivity index (χ1) is 6.34. The third-order valence-electron chi connectivity index (χ3n) is 1.79. The van der Waals surface area contributed by atoms with E-state index in [1.165, 1.54) is 0 Å². The number of thioether (sulfide) groups is 2. The Morgan fingerprint density at radius 3 is 3.15 bits per heavy atom. The van der Waals surface area contributed by atoms with E-state index < -0.39 is 0 Å². The predicted molar refractivity (Wildman–Crippen MR) is 58.6 cm³/mol. The Balaban J connectivity index is 2.13. The summed E-state index contributed by atoms with van der Waals surface area (Å²) in [6.45, 7) is 2.67. The van der Waals surface area contributed by atoms with Crippen molar-refractivity contribution in [2.24, 2.45) is 0 Å². The summed E-state index contributed by atoms with van der Waals surface area (Å²) in [5.41, 5.74) is 0. The molecule has 0 amide bonds. The maximum Gasteiger partial charge on any atom is 0.319 e. The van der Waals surface area contributed by atoms with E-state index in [1.807, 2.05) is 5.08 Å². The van der Waals surface area contributed by atoms with Crippen LogP contribution in [-0.2, 0) is 9.53 Å². The van der Waals surface area contributed by atoms with Crippen molar-refractivity contribution < 1.29 is 9.53 Å². The molecule has 0 aromatic heterocycles. The molecule has 1 saturated heterocycles. The predicted octanol–water partition coefficient (Wildman–Crippen LogP) is 2.69. The number of esters is 1. The van der Waals surface area contributed by atoms with Crippen LogP contribution in [0.25, 0.3) is 0 Å². The summed E-state index contributed by atoms with van der Waals surface area (Å²) in [5.74, 6) is 1.01. The number of carbonyl (C=O) groups excluding carboxylic acids is 1. The normalized spacial score (nSPS) is 22.7. The zero-order chi connectivity index (χ0) is 9.52. The third kappa shape index (κ3) is 4.27. The molecule has 0 spiro atoms. The molecule has 1 aliphatic heterocycles. The summed E-state index contributed by atoms with van der Waals surface area (Å²) >= 11 is 3.37. The van der Waals surface area contributed by atoms with Gasteiger partial charge in [-0.1, -0.05) is 13.3 Å². The Kier molecular flexibility index (Phi) is 5.71. The lowest BCUT2D eigenvalue weighted by molar-refractivity contribution is -0.143. The second kappa shape index (κ2) is 6.60. The molecule has 75 valence electrons. The maximum absolute atomic E-state index is 11.4. The van der Waals surface area contributed by atoms with E-state index in [1.54, 1.807) is 23.5 Å². The molecule has 1 heterocycles. The van der Waals surface area contributed by atoms with Gasteiger partial charge in [-0.15, -0.1) is 23.5 Å². The first-order valence-electron chi connectivity index (χ1n) is 4.60. The van der Waals surface area contributed by atoms with Gasteiger partial charge in [0.25, 0.3) is 0 Å². The lowest BCUT2D eigenvalue weighted by atomic mass is 10.3. The molecule has 1 rings (SSSR count). The minimum Gasteiger partial charge on any atom is -0.465 e. The number of unbranched alkanes of at least 4 members (excludes halogenated alkanes) is 1. The number of rotatable bonds is 4. The quantitative estimate of drug-likeness (QED) is 0.536. The summed E-state index contributed by atoms with van der Waals surface area (Å²) < 4.78 is 5.13. The molecule has 1 fully saturated rings. The Hall–Kier alpha value is 0.170. The molecule has 13 heavy (non-hydrogen) atoms. The summed E-state index contributed by atoms with van der Waals surface area (Å²) in [7, 11) is 0. The van der Waals surface area contributed by atoms with E-state index in [2.05, 4.69) is 6.92 Å². The fourth-order valence-corrected chi connectivity index (χ4v) is 3.17. The molecule has 0 saturated carbocycles. The van der Waals surface area contributed by atoms with Crippen LogP contribution in [0.3, 0.4) is 0 Å². The molecule has 0 aliphatic carbocycles. The van der Waals surface area contributed by atoms with Crippen molar-refractivity contribution in [2.45, 2.75) is 31.4 Å². The summed E-state index contributed by atoms with van der Waals surface area (Å²) in [4.78, 5) is 11.4. The zero-order valence-electron chi connectivity index (χ0n) is 7.82. The van der Waals surface area contributed by atoms with Crippen LogP contribution in [0.15, 0.2) is 0 Å². The standard InChI is InChI=1S/C9H15O2S2/c1-2-3-5-11-9(10)8-4-6-12-7-13-8/h7-8H,2-6H2,1H3. The van der Waals surface area contributed by atoms with E-state index in [-0.39, 0.29) is 11.2 Å². The SMILES string of the molecule is CCCCOC(=O)C1CCS[CH]S1. The van der Waals surface area contributed by atoms with Gasteiger partial charge in [0, 0.05) is 0 Å². The highest BCUT2D eigenvalue weighted by Crippen LogP contribution is 2.32. The largest absolute Gasteiger partial charge is 0.465 e. The minimum absolute atomic E-state index is 0.0324. The first kappa shape index (κ1) is 11.2. The van der Waals surface area contributed by atoms with Gasteiger partial charge in [-0.25, -0.2) is 0 Å². The number of carbonyl (C=O) groups is 1. The fourth-order valence-electron chi connectivity index (χ4n) is 0.981. The van der Waals surface area contributed by atoms with E-state index >= 15 is 0 Å². The van der Waals surface area contributed by atoms with Crippen LogP contribution in [0, 0.1) is 5.08 Å². The molecular formula is C9H15O2S2. The van der Waals surface area contributed by atoms with Crippen molar-refractivity contribution in [1.82, 2.24) is 0 Å². The molecule has 2 nitrogen and oxygen atoms in total. The Bertz CT molecular complexity index is 156.